The van der Waals surface area contributed by atoms with Crippen molar-refractivity contribution in [1.82, 2.24) is 9.47 Å². The summed E-state index contributed by atoms with van der Waals surface area (Å²) in [6.07, 6.45) is 1.98. The van der Waals surface area contributed by atoms with E-state index in [0.717, 1.165) is 5.69 Å². The summed E-state index contributed by atoms with van der Waals surface area (Å²) in [5.74, 6) is 0.712. The lowest BCUT2D eigenvalue weighted by atomic mass is 10.2. The average Bonchev–Trinajstić information content (AvgIpc) is 2.88. The quantitative estimate of drug-likeness (QED) is 0.818. The molecule has 1 aromatic carbocycles. The van der Waals surface area contributed by atoms with Crippen molar-refractivity contribution in [2.75, 3.05) is 6.61 Å². The van der Waals surface area contributed by atoms with Crippen molar-refractivity contribution >= 4 is 5.91 Å². The number of nitrogens with zero attached hydrogens (tertiary/aromatic N) is 2. The zero-order valence-electron chi connectivity index (χ0n) is 12.8. The Hall–Kier alpha value is -2.23. The van der Waals surface area contributed by atoms with Gasteiger partial charge < -0.3 is 14.2 Å². The van der Waals surface area contributed by atoms with Crippen LogP contribution in [-0.4, -0.2) is 28.0 Å². The highest BCUT2D eigenvalue weighted by Gasteiger charge is 2.18. The lowest BCUT2D eigenvalue weighted by molar-refractivity contribution is -0.135. The monoisotopic (exact) mass is 286 g/mol. The van der Waals surface area contributed by atoms with Crippen LogP contribution in [0.2, 0.25) is 0 Å². The molecule has 2 rings (SSSR count). The molecule has 4 heteroatoms. The van der Waals surface area contributed by atoms with Crippen molar-refractivity contribution in [1.29, 1.82) is 0 Å². The second kappa shape index (κ2) is 6.97. The molecule has 0 fully saturated rings. The maximum absolute atomic E-state index is 12.4. The van der Waals surface area contributed by atoms with E-state index in [1.165, 1.54) is 0 Å². The van der Waals surface area contributed by atoms with Crippen molar-refractivity contribution in [2.24, 2.45) is 7.05 Å². The van der Waals surface area contributed by atoms with Gasteiger partial charge >= 0.3 is 0 Å². The third-order valence-corrected chi connectivity index (χ3v) is 3.43. The molecule has 1 amide bonds. The largest absolute Gasteiger partial charge is 0.484 e. The molecule has 0 saturated carbocycles. The molecule has 0 bridgehead atoms. The van der Waals surface area contributed by atoms with Gasteiger partial charge in [-0.1, -0.05) is 18.2 Å². The number of hydrogen-bond donors (Lipinski definition) is 0. The predicted molar refractivity (Wildman–Crippen MR) is 83.0 cm³/mol. The topological polar surface area (TPSA) is 34.5 Å². The number of aryl methyl sites for hydroxylation is 1. The van der Waals surface area contributed by atoms with Crippen molar-refractivity contribution < 1.29 is 9.53 Å². The Bertz CT molecular complexity index is 575. The Kier molecular flexibility index (Phi) is 5.04. The molecule has 4 nitrogen and oxygen atoms in total. The van der Waals surface area contributed by atoms with E-state index in [1.54, 1.807) is 0 Å². The van der Waals surface area contributed by atoms with Gasteiger partial charge in [-0.2, -0.15) is 0 Å². The van der Waals surface area contributed by atoms with Crippen LogP contribution in [0.5, 0.6) is 5.75 Å². The van der Waals surface area contributed by atoms with Gasteiger partial charge in [0.2, 0.25) is 0 Å². The number of ether oxygens (including phenoxy) is 1. The number of para-hydroxylation sites is 1. The highest BCUT2D eigenvalue weighted by atomic mass is 16.5. The SMILES string of the molecule is CC(C)N(Cc1cccn1C)C(=O)COc1ccccc1. The zero-order chi connectivity index (χ0) is 15.2. The first kappa shape index (κ1) is 15.2. The van der Waals surface area contributed by atoms with Gasteiger partial charge in [0.25, 0.3) is 5.91 Å². The van der Waals surface area contributed by atoms with E-state index in [2.05, 4.69) is 0 Å². The average molecular weight is 286 g/mol. The molecule has 0 unspecified atom stereocenters. The summed E-state index contributed by atoms with van der Waals surface area (Å²) in [5.41, 5.74) is 1.11. The van der Waals surface area contributed by atoms with Gasteiger partial charge in [-0.05, 0) is 38.1 Å². The maximum Gasteiger partial charge on any atom is 0.261 e. The summed E-state index contributed by atoms with van der Waals surface area (Å²) in [6.45, 7) is 4.69. The van der Waals surface area contributed by atoms with Crippen molar-refractivity contribution in [3.8, 4) is 5.75 Å². The minimum Gasteiger partial charge on any atom is -0.484 e. The number of amides is 1. The number of carbonyl (C=O) groups excluding carboxylic acids is 1. The fraction of sp³-hybridized carbons (Fsp3) is 0.353. The summed E-state index contributed by atoms with van der Waals surface area (Å²) in [6, 6.07) is 13.6. The fourth-order valence-corrected chi connectivity index (χ4v) is 2.14. The highest BCUT2D eigenvalue weighted by Crippen LogP contribution is 2.12. The number of rotatable bonds is 6. The number of benzene rings is 1. The molecule has 2 aromatic rings. The fourth-order valence-electron chi connectivity index (χ4n) is 2.14. The normalized spacial score (nSPS) is 10.7. The van der Waals surface area contributed by atoms with E-state index in [0.29, 0.717) is 12.3 Å². The van der Waals surface area contributed by atoms with E-state index >= 15 is 0 Å². The van der Waals surface area contributed by atoms with E-state index < -0.39 is 0 Å². The Morgan fingerprint density at radius 1 is 1.19 bits per heavy atom. The van der Waals surface area contributed by atoms with Crippen LogP contribution < -0.4 is 4.74 Å². The molecule has 21 heavy (non-hydrogen) atoms. The Morgan fingerprint density at radius 2 is 1.90 bits per heavy atom. The third kappa shape index (κ3) is 4.12. The number of carbonyl (C=O) groups is 1. The molecule has 0 aliphatic rings. The van der Waals surface area contributed by atoms with Crippen LogP contribution in [0, 0.1) is 0 Å². The van der Waals surface area contributed by atoms with Crippen LogP contribution in [-0.2, 0) is 18.4 Å². The van der Waals surface area contributed by atoms with Gasteiger partial charge in [0.15, 0.2) is 6.61 Å². The maximum atomic E-state index is 12.4. The van der Waals surface area contributed by atoms with Gasteiger partial charge in [-0.3, -0.25) is 4.79 Å². The number of aromatic nitrogens is 1. The summed E-state index contributed by atoms with van der Waals surface area (Å²) < 4.78 is 7.58. The molecule has 0 radical (unpaired) electrons. The predicted octanol–water partition coefficient (Wildman–Crippen LogP) is 2.84. The van der Waals surface area contributed by atoms with Crippen LogP contribution >= 0.6 is 0 Å². The van der Waals surface area contributed by atoms with E-state index in [4.69, 9.17) is 4.74 Å². The second-order valence-corrected chi connectivity index (χ2v) is 5.33. The van der Waals surface area contributed by atoms with Gasteiger partial charge in [-0.25, -0.2) is 0 Å². The molecule has 0 aliphatic carbocycles. The van der Waals surface area contributed by atoms with Gasteiger partial charge in [0, 0.05) is 25.0 Å². The Labute approximate surface area is 125 Å². The second-order valence-electron chi connectivity index (χ2n) is 5.33. The molecular weight excluding hydrogens is 264 g/mol. The van der Waals surface area contributed by atoms with E-state index in [-0.39, 0.29) is 18.6 Å². The van der Waals surface area contributed by atoms with Crippen LogP contribution in [0.4, 0.5) is 0 Å². The first-order valence-electron chi connectivity index (χ1n) is 7.15. The summed E-state index contributed by atoms with van der Waals surface area (Å²) in [7, 11) is 1.98. The number of hydrogen-bond acceptors (Lipinski definition) is 2. The molecule has 112 valence electrons. The van der Waals surface area contributed by atoms with Crippen LogP contribution in [0.15, 0.2) is 48.7 Å². The molecule has 0 aliphatic heterocycles. The van der Waals surface area contributed by atoms with Crippen LogP contribution in [0.1, 0.15) is 19.5 Å². The summed E-state index contributed by atoms with van der Waals surface area (Å²) >= 11 is 0. The standard InChI is InChI=1S/C17H22N2O2/c1-14(2)19(12-15-8-7-11-18(15)3)17(20)13-21-16-9-5-4-6-10-16/h4-11,14H,12-13H2,1-3H3. The van der Waals surface area contributed by atoms with Crippen molar-refractivity contribution in [3.63, 3.8) is 0 Å². The minimum atomic E-state index is -0.00458. The molecule has 0 spiro atoms. The molecule has 0 atom stereocenters. The zero-order valence-corrected chi connectivity index (χ0v) is 12.8. The Balaban J connectivity index is 1.98. The van der Waals surface area contributed by atoms with Crippen LogP contribution in [0.3, 0.4) is 0 Å². The molecular formula is C17H22N2O2. The summed E-state index contributed by atoms with van der Waals surface area (Å²) in [5, 5.41) is 0. The highest BCUT2D eigenvalue weighted by molar-refractivity contribution is 5.78. The van der Waals surface area contributed by atoms with Crippen molar-refractivity contribution in [2.45, 2.75) is 26.4 Å². The molecule has 0 saturated heterocycles. The lowest BCUT2D eigenvalue weighted by Crippen LogP contribution is -2.39. The first-order valence-corrected chi connectivity index (χ1v) is 7.15. The lowest BCUT2D eigenvalue weighted by Gasteiger charge is -2.27. The summed E-state index contributed by atoms with van der Waals surface area (Å²) in [4.78, 5) is 14.2. The van der Waals surface area contributed by atoms with E-state index in [9.17, 15) is 4.79 Å². The van der Waals surface area contributed by atoms with Gasteiger partial charge in [0.1, 0.15) is 5.75 Å². The first-order chi connectivity index (χ1) is 10.1. The van der Waals surface area contributed by atoms with Gasteiger partial charge in [-0.15, -0.1) is 0 Å². The van der Waals surface area contributed by atoms with E-state index in [1.807, 2.05) is 79.0 Å². The minimum absolute atomic E-state index is 0.00458. The molecule has 1 heterocycles. The Morgan fingerprint density at radius 3 is 2.48 bits per heavy atom. The van der Waals surface area contributed by atoms with Crippen LogP contribution in [0.25, 0.3) is 0 Å². The third-order valence-electron chi connectivity index (χ3n) is 3.43. The van der Waals surface area contributed by atoms with Gasteiger partial charge in [0.05, 0.1) is 6.54 Å². The molecule has 1 aromatic heterocycles. The van der Waals surface area contributed by atoms with Crippen molar-refractivity contribution in [3.05, 3.63) is 54.4 Å². The molecule has 0 N–H and O–H groups in total. The smallest absolute Gasteiger partial charge is 0.261 e.